The van der Waals surface area contributed by atoms with Crippen LogP contribution in [-0.2, 0) is 16.0 Å². The van der Waals surface area contributed by atoms with Gasteiger partial charge in [0.2, 0.25) is 11.8 Å². The zero-order valence-electron chi connectivity index (χ0n) is 16.1. The van der Waals surface area contributed by atoms with E-state index in [1.165, 1.54) is 23.1 Å². The fourth-order valence-electron chi connectivity index (χ4n) is 2.96. The molecular formula is C20H25N3O3S2. The molecule has 8 heteroatoms. The number of likely N-dealkylation sites (tertiary alicyclic amines) is 1. The Labute approximate surface area is 173 Å². The van der Waals surface area contributed by atoms with Gasteiger partial charge in [-0.2, -0.15) is 0 Å². The molecule has 1 aromatic heterocycles. The van der Waals surface area contributed by atoms with Gasteiger partial charge in [-0.15, -0.1) is 11.3 Å². The van der Waals surface area contributed by atoms with Crippen molar-refractivity contribution < 1.29 is 14.3 Å². The molecule has 2 heterocycles. The Morgan fingerprint density at radius 2 is 2.00 bits per heavy atom. The first-order valence-electron chi connectivity index (χ1n) is 9.32. The molecule has 1 aromatic carbocycles. The van der Waals surface area contributed by atoms with E-state index in [2.05, 4.69) is 17.2 Å². The van der Waals surface area contributed by atoms with Gasteiger partial charge in [-0.3, -0.25) is 9.59 Å². The van der Waals surface area contributed by atoms with Crippen molar-refractivity contribution in [2.24, 2.45) is 5.92 Å². The molecule has 0 unspecified atom stereocenters. The van der Waals surface area contributed by atoms with Crippen molar-refractivity contribution in [3.63, 3.8) is 0 Å². The quantitative estimate of drug-likeness (QED) is 0.693. The normalized spacial score (nSPS) is 14.7. The molecule has 0 aliphatic carbocycles. The van der Waals surface area contributed by atoms with Gasteiger partial charge >= 0.3 is 0 Å². The molecule has 6 nitrogen and oxygen atoms in total. The van der Waals surface area contributed by atoms with Gasteiger partial charge in [0.25, 0.3) is 0 Å². The van der Waals surface area contributed by atoms with Crippen molar-refractivity contribution in [2.45, 2.75) is 30.5 Å². The van der Waals surface area contributed by atoms with Crippen molar-refractivity contribution in [1.82, 2.24) is 9.88 Å². The molecular weight excluding hydrogens is 394 g/mol. The minimum atomic E-state index is -0.0922. The maximum atomic E-state index is 12.4. The van der Waals surface area contributed by atoms with E-state index in [1.54, 1.807) is 31.4 Å². The second-order valence-electron chi connectivity index (χ2n) is 6.91. The summed E-state index contributed by atoms with van der Waals surface area (Å²) in [6.07, 6.45) is 2.49. The first kappa shape index (κ1) is 20.7. The van der Waals surface area contributed by atoms with Crippen LogP contribution in [0.25, 0.3) is 0 Å². The summed E-state index contributed by atoms with van der Waals surface area (Å²) in [7, 11) is 1.60. The largest absolute Gasteiger partial charge is 0.497 e. The smallest absolute Gasteiger partial charge is 0.234 e. The number of hydrogen-bond donors (Lipinski definition) is 1. The number of nitrogens with one attached hydrogen (secondary N) is 1. The van der Waals surface area contributed by atoms with Crippen molar-refractivity contribution >= 4 is 40.6 Å². The Morgan fingerprint density at radius 1 is 1.29 bits per heavy atom. The number of nitrogens with zero attached hydrogens (tertiary/aromatic N) is 2. The van der Waals surface area contributed by atoms with Gasteiger partial charge in [-0.05, 0) is 43.0 Å². The SMILES string of the molecule is COc1ccc(NC(=O)CSc2nc(CC(=O)N3CCC(C)CC3)cs2)cc1. The fourth-order valence-corrected chi connectivity index (χ4v) is 4.60. The zero-order valence-corrected chi connectivity index (χ0v) is 17.8. The lowest BCUT2D eigenvalue weighted by Crippen LogP contribution is -2.38. The van der Waals surface area contributed by atoms with Crippen LogP contribution in [0, 0.1) is 5.92 Å². The number of aromatic nitrogens is 1. The third-order valence-corrected chi connectivity index (χ3v) is 6.77. The summed E-state index contributed by atoms with van der Waals surface area (Å²) in [6.45, 7) is 3.92. The Hall–Kier alpha value is -2.06. The second-order valence-corrected chi connectivity index (χ2v) is 8.99. The molecule has 2 amide bonds. The number of hydrogen-bond acceptors (Lipinski definition) is 6. The third-order valence-electron chi connectivity index (χ3n) is 4.70. The summed E-state index contributed by atoms with van der Waals surface area (Å²) in [5.74, 6) is 1.78. The van der Waals surface area contributed by atoms with E-state index in [1.807, 2.05) is 10.3 Å². The Kier molecular flexibility index (Phi) is 7.33. The van der Waals surface area contributed by atoms with E-state index in [4.69, 9.17) is 4.74 Å². The minimum Gasteiger partial charge on any atom is -0.497 e. The van der Waals surface area contributed by atoms with Gasteiger partial charge in [0, 0.05) is 24.2 Å². The summed E-state index contributed by atoms with van der Waals surface area (Å²) in [6, 6.07) is 7.21. The minimum absolute atomic E-state index is 0.0922. The van der Waals surface area contributed by atoms with Gasteiger partial charge < -0.3 is 15.0 Å². The predicted molar refractivity (Wildman–Crippen MR) is 113 cm³/mol. The molecule has 3 rings (SSSR count). The molecule has 0 atom stereocenters. The molecule has 1 fully saturated rings. The molecule has 0 radical (unpaired) electrons. The van der Waals surface area contributed by atoms with Gasteiger partial charge in [0.1, 0.15) is 5.75 Å². The van der Waals surface area contributed by atoms with Crippen LogP contribution in [0.1, 0.15) is 25.5 Å². The number of carbonyl (C=O) groups excluding carboxylic acids is 2. The maximum absolute atomic E-state index is 12.4. The predicted octanol–water partition coefficient (Wildman–Crippen LogP) is 3.68. The van der Waals surface area contributed by atoms with Crippen LogP contribution in [0.4, 0.5) is 5.69 Å². The lowest BCUT2D eigenvalue weighted by atomic mass is 9.99. The lowest BCUT2D eigenvalue weighted by Gasteiger charge is -2.30. The number of amides is 2. The number of carbonyl (C=O) groups is 2. The fraction of sp³-hybridized carbons (Fsp3) is 0.450. The highest BCUT2D eigenvalue weighted by Crippen LogP contribution is 2.24. The van der Waals surface area contributed by atoms with Crippen LogP contribution in [0.15, 0.2) is 34.0 Å². The second kappa shape index (κ2) is 9.93. The van der Waals surface area contributed by atoms with Crippen LogP contribution < -0.4 is 10.1 Å². The van der Waals surface area contributed by atoms with Crippen molar-refractivity contribution in [2.75, 3.05) is 31.3 Å². The van der Waals surface area contributed by atoms with Crippen molar-refractivity contribution in [1.29, 1.82) is 0 Å². The summed E-state index contributed by atoms with van der Waals surface area (Å²) in [5, 5.41) is 4.76. The molecule has 2 aromatic rings. The van der Waals surface area contributed by atoms with E-state index in [9.17, 15) is 9.59 Å². The number of rotatable bonds is 7. The number of thioether (sulfide) groups is 1. The zero-order chi connectivity index (χ0) is 19.9. The first-order valence-corrected chi connectivity index (χ1v) is 11.2. The highest BCUT2D eigenvalue weighted by molar-refractivity contribution is 8.01. The highest BCUT2D eigenvalue weighted by Gasteiger charge is 2.21. The molecule has 0 bridgehead atoms. The molecule has 28 heavy (non-hydrogen) atoms. The first-order chi connectivity index (χ1) is 13.5. The maximum Gasteiger partial charge on any atom is 0.234 e. The number of benzene rings is 1. The van der Waals surface area contributed by atoms with E-state index in [0.29, 0.717) is 12.3 Å². The van der Waals surface area contributed by atoms with Crippen LogP contribution in [0.3, 0.4) is 0 Å². The molecule has 1 aliphatic heterocycles. The molecule has 0 spiro atoms. The Balaban J connectivity index is 1.43. The van der Waals surface area contributed by atoms with E-state index in [0.717, 1.165) is 47.4 Å². The number of methoxy groups -OCH3 is 1. The topological polar surface area (TPSA) is 71.5 Å². The molecule has 150 valence electrons. The van der Waals surface area contributed by atoms with Gasteiger partial charge in [-0.25, -0.2) is 4.98 Å². The van der Waals surface area contributed by atoms with Crippen LogP contribution >= 0.6 is 23.1 Å². The molecule has 1 saturated heterocycles. The number of thiazole rings is 1. The summed E-state index contributed by atoms with van der Waals surface area (Å²) in [4.78, 5) is 31.0. The molecule has 0 saturated carbocycles. The lowest BCUT2D eigenvalue weighted by molar-refractivity contribution is -0.131. The average Bonchev–Trinajstić information content (AvgIpc) is 3.15. The van der Waals surface area contributed by atoms with Gasteiger partial charge in [-0.1, -0.05) is 18.7 Å². The van der Waals surface area contributed by atoms with Crippen molar-refractivity contribution in [3.05, 3.63) is 35.3 Å². The number of piperidine rings is 1. The van der Waals surface area contributed by atoms with Crippen LogP contribution in [-0.4, -0.2) is 47.7 Å². The summed E-state index contributed by atoms with van der Waals surface area (Å²) in [5.41, 5.74) is 1.51. The van der Waals surface area contributed by atoms with E-state index < -0.39 is 0 Å². The van der Waals surface area contributed by atoms with E-state index in [-0.39, 0.29) is 17.6 Å². The van der Waals surface area contributed by atoms with Crippen LogP contribution in [0.5, 0.6) is 5.75 Å². The third kappa shape index (κ3) is 5.97. The average molecular weight is 420 g/mol. The monoisotopic (exact) mass is 419 g/mol. The molecule has 1 aliphatic rings. The summed E-state index contributed by atoms with van der Waals surface area (Å²) >= 11 is 2.86. The van der Waals surface area contributed by atoms with Crippen LogP contribution in [0.2, 0.25) is 0 Å². The van der Waals surface area contributed by atoms with Gasteiger partial charge in [0.15, 0.2) is 4.34 Å². The summed E-state index contributed by atoms with van der Waals surface area (Å²) < 4.78 is 5.91. The highest BCUT2D eigenvalue weighted by atomic mass is 32.2. The Bertz CT molecular complexity index is 799. The standard InChI is InChI=1S/C20H25N3O3S2/c1-14-7-9-23(10-8-14)19(25)11-16-12-27-20(22-16)28-13-18(24)21-15-3-5-17(26-2)6-4-15/h3-6,12,14H,7-11,13H2,1-2H3,(H,21,24). The van der Waals surface area contributed by atoms with Gasteiger partial charge in [0.05, 0.1) is 25.0 Å². The van der Waals surface area contributed by atoms with Crippen molar-refractivity contribution in [3.8, 4) is 5.75 Å². The Morgan fingerprint density at radius 3 is 2.68 bits per heavy atom. The number of ether oxygens (including phenoxy) is 1. The van der Waals surface area contributed by atoms with E-state index >= 15 is 0 Å². The molecule has 1 N–H and O–H groups in total. The number of anilines is 1.